The first-order chi connectivity index (χ1) is 9.70. The Morgan fingerprint density at radius 3 is 2.65 bits per heavy atom. The van der Waals surface area contributed by atoms with Crippen LogP contribution >= 0.6 is 0 Å². The average Bonchev–Trinajstić information content (AvgIpc) is 3.26. The van der Waals surface area contributed by atoms with E-state index in [0.29, 0.717) is 12.5 Å². The minimum atomic E-state index is -0.388. The molecule has 110 valence electrons. The molecule has 2 heteroatoms. The summed E-state index contributed by atoms with van der Waals surface area (Å²) in [7, 11) is 0. The van der Waals surface area contributed by atoms with Crippen LogP contribution in [0.3, 0.4) is 0 Å². The highest BCUT2D eigenvalue weighted by Gasteiger charge is 2.44. The molecule has 1 aromatic carbocycles. The zero-order valence-electron chi connectivity index (χ0n) is 12.5. The number of aliphatic hydroxyl groups is 1. The standard InChI is InChI=1S/C18H27NO/c1-2-13-9-10-18(11-13,12-19)17(20)16-6-4-3-5-15(16)14-7-8-14/h3-6,13-14,17,20H,2,7-12,19H2,1H3. The second kappa shape index (κ2) is 5.50. The number of aliphatic hydroxyl groups excluding tert-OH is 1. The summed E-state index contributed by atoms with van der Waals surface area (Å²) in [5.74, 6) is 1.42. The van der Waals surface area contributed by atoms with Crippen molar-refractivity contribution in [2.45, 2.75) is 57.5 Å². The zero-order chi connectivity index (χ0) is 14.2. The van der Waals surface area contributed by atoms with Crippen molar-refractivity contribution in [2.24, 2.45) is 17.1 Å². The Morgan fingerprint density at radius 2 is 2.05 bits per heavy atom. The third-order valence-corrected chi connectivity index (χ3v) is 5.62. The van der Waals surface area contributed by atoms with Gasteiger partial charge in [0.25, 0.3) is 0 Å². The zero-order valence-corrected chi connectivity index (χ0v) is 12.5. The molecule has 1 aromatic rings. The largest absolute Gasteiger partial charge is 0.388 e. The fraction of sp³-hybridized carbons (Fsp3) is 0.667. The van der Waals surface area contributed by atoms with E-state index < -0.39 is 0 Å². The first-order valence-electron chi connectivity index (χ1n) is 8.17. The third kappa shape index (κ3) is 2.40. The number of hydrogen-bond donors (Lipinski definition) is 2. The number of nitrogens with two attached hydrogens (primary N) is 1. The van der Waals surface area contributed by atoms with Crippen LogP contribution in [0.15, 0.2) is 24.3 Å². The minimum Gasteiger partial charge on any atom is -0.388 e. The maximum Gasteiger partial charge on any atom is 0.0861 e. The van der Waals surface area contributed by atoms with Crippen molar-refractivity contribution in [1.29, 1.82) is 0 Å². The molecule has 3 N–H and O–H groups in total. The van der Waals surface area contributed by atoms with E-state index in [0.717, 1.165) is 24.3 Å². The molecule has 0 amide bonds. The predicted molar refractivity (Wildman–Crippen MR) is 82.5 cm³/mol. The van der Waals surface area contributed by atoms with Gasteiger partial charge in [-0.3, -0.25) is 0 Å². The molecule has 0 bridgehead atoms. The molecule has 3 unspecified atom stereocenters. The third-order valence-electron chi connectivity index (χ3n) is 5.62. The van der Waals surface area contributed by atoms with Crippen molar-refractivity contribution in [1.82, 2.24) is 0 Å². The van der Waals surface area contributed by atoms with E-state index in [4.69, 9.17) is 5.73 Å². The van der Waals surface area contributed by atoms with Crippen molar-refractivity contribution in [2.75, 3.05) is 6.54 Å². The van der Waals surface area contributed by atoms with Crippen LogP contribution in [-0.2, 0) is 0 Å². The van der Waals surface area contributed by atoms with Gasteiger partial charge in [-0.05, 0) is 55.1 Å². The molecule has 20 heavy (non-hydrogen) atoms. The molecule has 2 fully saturated rings. The van der Waals surface area contributed by atoms with Crippen LogP contribution in [0, 0.1) is 11.3 Å². The lowest BCUT2D eigenvalue weighted by atomic mass is 9.75. The molecule has 0 saturated heterocycles. The topological polar surface area (TPSA) is 46.2 Å². The summed E-state index contributed by atoms with van der Waals surface area (Å²) in [6.45, 7) is 2.85. The van der Waals surface area contributed by atoms with E-state index in [2.05, 4.69) is 31.2 Å². The van der Waals surface area contributed by atoms with Crippen molar-refractivity contribution >= 4 is 0 Å². The summed E-state index contributed by atoms with van der Waals surface area (Å²) in [5, 5.41) is 11.1. The summed E-state index contributed by atoms with van der Waals surface area (Å²) in [5.41, 5.74) is 8.53. The minimum absolute atomic E-state index is 0.0916. The Hall–Kier alpha value is -0.860. The van der Waals surface area contributed by atoms with Crippen LogP contribution in [-0.4, -0.2) is 11.7 Å². The summed E-state index contributed by atoms with van der Waals surface area (Å²) in [6.07, 6.45) is 6.74. The van der Waals surface area contributed by atoms with Gasteiger partial charge in [0.1, 0.15) is 0 Å². The first kappa shape index (κ1) is 14.1. The summed E-state index contributed by atoms with van der Waals surface area (Å²) < 4.78 is 0. The van der Waals surface area contributed by atoms with Crippen molar-refractivity contribution in [3.63, 3.8) is 0 Å². The predicted octanol–water partition coefficient (Wildman–Crippen LogP) is 3.75. The van der Waals surface area contributed by atoms with Crippen molar-refractivity contribution in [3.8, 4) is 0 Å². The molecule has 0 radical (unpaired) electrons. The van der Waals surface area contributed by atoms with Crippen molar-refractivity contribution < 1.29 is 5.11 Å². The molecule has 0 heterocycles. The van der Waals surface area contributed by atoms with Crippen molar-refractivity contribution in [3.05, 3.63) is 35.4 Å². The highest BCUT2D eigenvalue weighted by molar-refractivity contribution is 5.36. The van der Waals surface area contributed by atoms with E-state index in [1.807, 2.05) is 0 Å². The van der Waals surface area contributed by atoms with E-state index in [1.165, 1.54) is 31.2 Å². The van der Waals surface area contributed by atoms with Crippen LogP contribution in [0.25, 0.3) is 0 Å². The Kier molecular flexibility index (Phi) is 3.87. The molecular weight excluding hydrogens is 246 g/mol. The van der Waals surface area contributed by atoms with Crippen LogP contribution in [0.1, 0.15) is 68.6 Å². The SMILES string of the molecule is CCC1CCC(CN)(C(O)c2ccccc2C2CC2)C1. The van der Waals surface area contributed by atoms with Gasteiger partial charge in [-0.1, -0.05) is 37.6 Å². The monoisotopic (exact) mass is 273 g/mol. The summed E-state index contributed by atoms with van der Waals surface area (Å²) in [6, 6.07) is 8.48. The second-order valence-electron chi connectivity index (χ2n) is 6.89. The van der Waals surface area contributed by atoms with Crippen LogP contribution in [0.5, 0.6) is 0 Å². The maximum atomic E-state index is 11.1. The van der Waals surface area contributed by atoms with Gasteiger partial charge in [-0.15, -0.1) is 0 Å². The van der Waals surface area contributed by atoms with Gasteiger partial charge in [0, 0.05) is 12.0 Å². The van der Waals surface area contributed by atoms with Gasteiger partial charge in [0.2, 0.25) is 0 Å². The summed E-state index contributed by atoms with van der Waals surface area (Å²) in [4.78, 5) is 0. The van der Waals surface area contributed by atoms with E-state index in [9.17, 15) is 5.11 Å². The summed E-state index contributed by atoms with van der Waals surface area (Å²) >= 11 is 0. The normalized spacial score (nSPS) is 31.4. The lowest BCUT2D eigenvalue weighted by Crippen LogP contribution is -2.35. The first-order valence-corrected chi connectivity index (χ1v) is 8.17. The molecule has 2 aliphatic carbocycles. The average molecular weight is 273 g/mol. The lowest BCUT2D eigenvalue weighted by Gasteiger charge is -2.35. The Bertz CT molecular complexity index is 468. The Morgan fingerprint density at radius 1 is 1.30 bits per heavy atom. The van der Waals surface area contributed by atoms with Crippen LogP contribution in [0.4, 0.5) is 0 Å². The number of hydrogen-bond acceptors (Lipinski definition) is 2. The highest BCUT2D eigenvalue weighted by Crippen LogP contribution is 2.52. The smallest absolute Gasteiger partial charge is 0.0861 e. The van der Waals surface area contributed by atoms with Gasteiger partial charge < -0.3 is 10.8 Å². The highest BCUT2D eigenvalue weighted by atomic mass is 16.3. The molecule has 3 rings (SSSR count). The lowest BCUT2D eigenvalue weighted by molar-refractivity contribution is 0.0295. The molecule has 0 aliphatic heterocycles. The van der Waals surface area contributed by atoms with Crippen LogP contribution in [0.2, 0.25) is 0 Å². The molecule has 2 aliphatic rings. The molecule has 0 spiro atoms. The molecular formula is C18H27NO. The Labute approximate surface area is 122 Å². The molecule has 2 nitrogen and oxygen atoms in total. The maximum absolute atomic E-state index is 11.1. The second-order valence-corrected chi connectivity index (χ2v) is 6.89. The van der Waals surface area contributed by atoms with Gasteiger partial charge >= 0.3 is 0 Å². The number of rotatable bonds is 5. The fourth-order valence-corrected chi connectivity index (χ4v) is 4.02. The van der Waals surface area contributed by atoms with E-state index in [-0.39, 0.29) is 11.5 Å². The van der Waals surface area contributed by atoms with Crippen LogP contribution < -0.4 is 5.73 Å². The quantitative estimate of drug-likeness (QED) is 0.858. The van der Waals surface area contributed by atoms with Gasteiger partial charge in [0.05, 0.1) is 6.10 Å². The van der Waals surface area contributed by atoms with Gasteiger partial charge in [-0.25, -0.2) is 0 Å². The number of benzene rings is 1. The van der Waals surface area contributed by atoms with E-state index in [1.54, 1.807) is 0 Å². The molecule has 2 saturated carbocycles. The molecule has 0 aromatic heterocycles. The Balaban J connectivity index is 1.89. The van der Waals surface area contributed by atoms with E-state index >= 15 is 0 Å². The molecule has 3 atom stereocenters. The van der Waals surface area contributed by atoms with Gasteiger partial charge in [-0.2, -0.15) is 0 Å². The fourth-order valence-electron chi connectivity index (χ4n) is 4.02. The van der Waals surface area contributed by atoms with Gasteiger partial charge in [0.15, 0.2) is 0 Å².